The molecule has 2 aromatic rings. The van der Waals surface area contributed by atoms with Crippen LogP contribution in [-0.4, -0.2) is 29.8 Å². The van der Waals surface area contributed by atoms with Crippen LogP contribution in [0.25, 0.3) is 0 Å². The summed E-state index contributed by atoms with van der Waals surface area (Å²) in [5.74, 6) is 0.431. The molecule has 0 spiro atoms. The second-order valence-electron chi connectivity index (χ2n) is 6.93. The Kier molecular flexibility index (Phi) is 5.93. The van der Waals surface area contributed by atoms with Gasteiger partial charge in [-0.3, -0.25) is 0 Å². The molecule has 140 valence electrons. The summed E-state index contributed by atoms with van der Waals surface area (Å²) in [4.78, 5) is 12.2. The zero-order chi connectivity index (χ0) is 18.4. The highest BCUT2D eigenvalue weighted by Crippen LogP contribution is 2.30. The molecule has 26 heavy (non-hydrogen) atoms. The van der Waals surface area contributed by atoms with E-state index in [0.29, 0.717) is 13.0 Å². The molecule has 1 atom stereocenters. The summed E-state index contributed by atoms with van der Waals surface area (Å²) < 4.78 is 18.7. The molecule has 1 aromatic carbocycles. The van der Waals surface area contributed by atoms with Crippen molar-refractivity contribution in [1.29, 1.82) is 0 Å². The molecule has 1 saturated carbocycles. The van der Waals surface area contributed by atoms with Gasteiger partial charge >= 0.3 is 6.03 Å². The third-order valence-electron chi connectivity index (χ3n) is 5.12. The molecule has 1 aliphatic rings. The number of furan rings is 1. The van der Waals surface area contributed by atoms with Crippen molar-refractivity contribution < 1.29 is 18.7 Å². The van der Waals surface area contributed by atoms with Crippen molar-refractivity contribution in [2.45, 2.75) is 43.6 Å². The van der Waals surface area contributed by atoms with E-state index in [9.17, 15) is 14.3 Å². The predicted octanol–water partition coefficient (Wildman–Crippen LogP) is 3.55. The topological polar surface area (TPSA) is 74.5 Å². The lowest BCUT2D eigenvalue weighted by atomic mass is 9.93. The van der Waals surface area contributed by atoms with Crippen molar-refractivity contribution in [3.05, 3.63) is 59.8 Å². The van der Waals surface area contributed by atoms with Crippen LogP contribution < -0.4 is 10.6 Å². The summed E-state index contributed by atoms with van der Waals surface area (Å²) in [5, 5.41) is 15.4. The van der Waals surface area contributed by atoms with Crippen LogP contribution in [0.4, 0.5) is 9.18 Å². The Hall–Kier alpha value is -2.34. The van der Waals surface area contributed by atoms with Crippen LogP contribution in [0.2, 0.25) is 0 Å². The molecule has 1 aromatic heterocycles. The molecule has 0 bridgehead atoms. The fourth-order valence-corrected chi connectivity index (χ4v) is 3.65. The Morgan fingerprint density at radius 2 is 1.96 bits per heavy atom. The highest BCUT2D eigenvalue weighted by Gasteiger charge is 2.34. The Morgan fingerprint density at radius 3 is 2.58 bits per heavy atom. The van der Waals surface area contributed by atoms with Crippen molar-refractivity contribution in [3.8, 4) is 0 Å². The molecule has 0 saturated heterocycles. The monoisotopic (exact) mass is 360 g/mol. The quantitative estimate of drug-likeness (QED) is 0.707. The molecular formula is C20H25FN2O3. The van der Waals surface area contributed by atoms with E-state index in [4.69, 9.17) is 4.42 Å². The van der Waals surface area contributed by atoms with E-state index in [1.54, 1.807) is 18.4 Å². The van der Waals surface area contributed by atoms with Gasteiger partial charge in [0, 0.05) is 12.5 Å². The van der Waals surface area contributed by atoms with Crippen LogP contribution in [0.1, 0.15) is 49.3 Å². The van der Waals surface area contributed by atoms with E-state index >= 15 is 0 Å². The third-order valence-corrected chi connectivity index (χ3v) is 5.12. The summed E-state index contributed by atoms with van der Waals surface area (Å²) >= 11 is 0. The molecular weight excluding hydrogens is 335 g/mol. The van der Waals surface area contributed by atoms with Gasteiger partial charge in [-0.1, -0.05) is 25.0 Å². The lowest BCUT2D eigenvalue weighted by Crippen LogP contribution is -2.53. The van der Waals surface area contributed by atoms with Crippen LogP contribution >= 0.6 is 0 Å². The van der Waals surface area contributed by atoms with Gasteiger partial charge in [-0.2, -0.15) is 0 Å². The lowest BCUT2D eigenvalue weighted by Gasteiger charge is -2.28. The van der Waals surface area contributed by atoms with Crippen LogP contribution in [0, 0.1) is 5.82 Å². The second kappa shape index (κ2) is 8.36. The van der Waals surface area contributed by atoms with Crippen molar-refractivity contribution in [3.63, 3.8) is 0 Å². The standard InChI is InChI=1S/C20H25FN2O3/c21-16-7-5-15(6-8-16)17(18-4-3-13-26-18)9-12-22-19(25)23-20(14-24)10-1-2-11-20/h3-8,13,17,24H,1-2,9-12,14H2,(H2,22,23,25). The largest absolute Gasteiger partial charge is 0.469 e. The highest BCUT2D eigenvalue weighted by atomic mass is 19.1. The van der Waals surface area contributed by atoms with Crippen molar-refractivity contribution in [2.24, 2.45) is 0 Å². The Labute approximate surface area is 152 Å². The number of benzene rings is 1. The van der Waals surface area contributed by atoms with Crippen molar-refractivity contribution in [2.75, 3.05) is 13.2 Å². The normalized spacial score (nSPS) is 17.0. The smallest absolute Gasteiger partial charge is 0.315 e. The molecule has 2 amide bonds. The highest BCUT2D eigenvalue weighted by molar-refractivity contribution is 5.74. The first-order valence-electron chi connectivity index (χ1n) is 9.08. The fourth-order valence-electron chi connectivity index (χ4n) is 3.65. The fraction of sp³-hybridized carbons (Fsp3) is 0.450. The number of carbonyl (C=O) groups excluding carboxylic acids is 1. The van der Waals surface area contributed by atoms with Gasteiger partial charge in [0.25, 0.3) is 0 Å². The summed E-state index contributed by atoms with van der Waals surface area (Å²) in [6.45, 7) is 0.404. The summed E-state index contributed by atoms with van der Waals surface area (Å²) in [7, 11) is 0. The van der Waals surface area contributed by atoms with E-state index in [-0.39, 0.29) is 24.4 Å². The molecule has 1 fully saturated rings. The molecule has 1 heterocycles. The van der Waals surface area contributed by atoms with Gasteiger partial charge in [-0.25, -0.2) is 9.18 Å². The summed E-state index contributed by atoms with van der Waals surface area (Å²) in [5.41, 5.74) is 0.452. The van der Waals surface area contributed by atoms with E-state index in [1.165, 1.54) is 12.1 Å². The average Bonchev–Trinajstić information content (AvgIpc) is 3.32. The molecule has 0 aliphatic heterocycles. The van der Waals surface area contributed by atoms with Gasteiger partial charge in [-0.15, -0.1) is 0 Å². The van der Waals surface area contributed by atoms with Crippen LogP contribution in [0.15, 0.2) is 47.1 Å². The maximum atomic E-state index is 13.2. The third kappa shape index (κ3) is 4.43. The van der Waals surface area contributed by atoms with E-state index in [1.807, 2.05) is 12.1 Å². The zero-order valence-electron chi connectivity index (χ0n) is 14.7. The number of rotatable bonds is 7. The number of hydrogen-bond acceptors (Lipinski definition) is 3. The van der Waals surface area contributed by atoms with E-state index in [2.05, 4.69) is 10.6 Å². The summed E-state index contributed by atoms with van der Waals surface area (Å²) in [6, 6.07) is 9.76. The van der Waals surface area contributed by atoms with Crippen LogP contribution in [0.5, 0.6) is 0 Å². The van der Waals surface area contributed by atoms with Crippen LogP contribution in [0.3, 0.4) is 0 Å². The van der Waals surface area contributed by atoms with E-state index < -0.39 is 5.54 Å². The van der Waals surface area contributed by atoms with Gasteiger partial charge in [0.1, 0.15) is 11.6 Å². The number of hydrogen-bond donors (Lipinski definition) is 3. The lowest BCUT2D eigenvalue weighted by molar-refractivity contribution is 0.163. The number of urea groups is 1. The Bertz CT molecular complexity index is 694. The van der Waals surface area contributed by atoms with Gasteiger partial charge in [0.15, 0.2) is 0 Å². The minimum atomic E-state index is -0.485. The number of amides is 2. The Morgan fingerprint density at radius 1 is 1.23 bits per heavy atom. The average molecular weight is 360 g/mol. The second-order valence-corrected chi connectivity index (χ2v) is 6.93. The van der Waals surface area contributed by atoms with E-state index in [0.717, 1.165) is 37.0 Å². The Balaban J connectivity index is 1.58. The number of carbonyl (C=O) groups is 1. The first-order chi connectivity index (χ1) is 12.6. The van der Waals surface area contributed by atoms with Crippen molar-refractivity contribution >= 4 is 6.03 Å². The number of halogens is 1. The molecule has 6 heteroatoms. The maximum Gasteiger partial charge on any atom is 0.315 e. The van der Waals surface area contributed by atoms with Crippen molar-refractivity contribution in [1.82, 2.24) is 10.6 Å². The number of aliphatic hydroxyl groups is 1. The molecule has 1 aliphatic carbocycles. The van der Waals surface area contributed by atoms with Gasteiger partial charge in [-0.05, 0) is 49.1 Å². The molecule has 3 rings (SSSR count). The predicted molar refractivity (Wildman–Crippen MR) is 96.4 cm³/mol. The molecule has 5 nitrogen and oxygen atoms in total. The van der Waals surface area contributed by atoms with Gasteiger partial charge in [0.05, 0.1) is 18.4 Å². The maximum absolute atomic E-state index is 13.2. The zero-order valence-corrected chi connectivity index (χ0v) is 14.7. The summed E-state index contributed by atoms with van der Waals surface area (Å²) in [6.07, 6.45) is 5.89. The first-order valence-corrected chi connectivity index (χ1v) is 9.08. The minimum absolute atomic E-state index is 0.0367. The SMILES string of the molecule is O=C(NCCC(c1ccc(F)cc1)c1ccco1)NC1(CO)CCCC1. The van der Waals surface area contributed by atoms with Crippen LogP contribution in [-0.2, 0) is 0 Å². The number of nitrogens with one attached hydrogen (secondary N) is 2. The van der Waals surface area contributed by atoms with Gasteiger partial charge in [0.2, 0.25) is 0 Å². The van der Waals surface area contributed by atoms with Gasteiger partial charge < -0.3 is 20.2 Å². The molecule has 1 unspecified atom stereocenters. The first kappa shape index (κ1) is 18.5. The molecule has 0 radical (unpaired) electrons. The number of aliphatic hydroxyl groups excluding tert-OH is 1. The molecule has 3 N–H and O–H groups in total. The minimum Gasteiger partial charge on any atom is -0.469 e.